The zero-order valence-electron chi connectivity index (χ0n) is 15.2. The van der Waals surface area contributed by atoms with Crippen LogP contribution in [0.2, 0.25) is 0 Å². The molecular formula is C21H16BrN3O4. The quantitative estimate of drug-likeness (QED) is 0.512. The standard InChI is InChI=1S/C21H16BrN3O4/c22-15-3-1-2-13(8-15)16-10-17-21(27)24(6-7-25(17)23-16)11-18(26)14-4-5-19-20(9-14)29-12-28-19/h1-10,18,26H,11-12H2/t18-/m0/s1. The Bertz CT molecular complexity index is 1280. The highest BCUT2D eigenvalue weighted by atomic mass is 79.9. The number of ether oxygens (including phenoxy) is 2. The number of hydrogen-bond donors (Lipinski definition) is 1. The first kappa shape index (κ1) is 18.0. The average molecular weight is 454 g/mol. The van der Waals surface area contributed by atoms with Crippen molar-refractivity contribution in [2.45, 2.75) is 12.6 Å². The van der Waals surface area contributed by atoms with Gasteiger partial charge in [0.05, 0.1) is 18.3 Å². The van der Waals surface area contributed by atoms with Crippen LogP contribution in [0.25, 0.3) is 16.8 Å². The van der Waals surface area contributed by atoms with E-state index in [-0.39, 0.29) is 18.9 Å². The third-order valence-electron chi connectivity index (χ3n) is 4.87. The molecule has 146 valence electrons. The molecule has 0 bridgehead atoms. The van der Waals surface area contributed by atoms with Crippen LogP contribution < -0.4 is 15.0 Å². The highest BCUT2D eigenvalue weighted by molar-refractivity contribution is 9.10. The van der Waals surface area contributed by atoms with E-state index in [1.165, 1.54) is 4.57 Å². The first-order valence-electron chi connectivity index (χ1n) is 9.01. The summed E-state index contributed by atoms with van der Waals surface area (Å²) < 4.78 is 14.6. The Morgan fingerprint density at radius 1 is 1.10 bits per heavy atom. The first-order valence-corrected chi connectivity index (χ1v) is 9.80. The Morgan fingerprint density at radius 2 is 1.97 bits per heavy atom. The number of fused-ring (bicyclic) bond motifs is 2. The molecule has 2 aromatic heterocycles. The van der Waals surface area contributed by atoms with Crippen molar-refractivity contribution in [1.29, 1.82) is 0 Å². The number of halogens is 1. The van der Waals surface area contributed by atoms with Gasteiger partial charge in [0.1, 0.15) is 5.52 Å². The summed E-state index contributed by atoms with van der Waals surface area (Å²) in [6.45, 7) is 0.291. The van der Waals surface area contributed by atoms with Gasteiger partial charge >= 0.3 is 0 Å². The van der Waals surface area contributed by atoms with Crippen LogP contribution in [0.5, 0.6) is 11.5 Å². The van der Waals surface area contributed by atoms with Crippen molar-refractivity contribution >= 4 is 21.4 Å². The van der Waals surface area contributed by atoms with E-state index in [0.717, 1.165) is 10.0 Å². The molecule has 0 saturated heterocycles. The van der Waals surface area contributed by atoms with Gasteiger partial charge in [-0.1, -0.05) is 34.1 Å². The Labute approximate surface area is 173 Å². The summed E-state index contributed by atoms with van der Waals surface area (Å²) in [4.78, 5) is 12.9. The molecule has 0 saturated carbocycles. The van der Waals surface area contributed by atoms with Crippen LogP contribution in [0.15, 0.2) is 70.2 Å². The summed E-state index contributed by atoms with van der Waals surface area (Å²) in [7, 11) is 0. The van der Waals surface area contributed by atoms with Gasteiger partial charge in [0.2, 0.25) is 6.79 Å². The monoisotopic (exact) mass is 453 g/mol. The molecule has 0 spiro atoms. The number of hydrogen-bond acceptors (Lipinski definition) is 5. The molecule has 3 heterocycles. The van der Waals surface area contributed by atoms with E-state index < -0.39 is 6.10 Å². The molecule has 0 unspecified atom stereocenters. The molecule has 1 N–H and O–H groups in total. The third kappa shape index (κ3) is 3.30. The van der Waals surface area contributed by atoms with Gasteiger partial charge in [0.15, 0.2) is 11.5 Å². The second-order valence-electron chi connectivity index (χ2n) is 6.75. The van der Waals surface area contributed by atoms with Gasteiger partial charge < -0.3 is 19.1 Å². The third-order valence-corrected chi connectivity index (χ3v) is 5.37. The minimum absolute atomic E-state index is 0.117. The topological polar surface area (TPSA) is 78.0 Å². The lowest BCUT2D eigenvalue weighted by molar-refractivity contribution is 0.154. The second-order valence-corrected chi connectivity index (χ2v) is 7.67. The summed E-state index contributed by atoms with van der Waals surface area (Å²) in [5.41, 5.74) is 2.50. The van der Waals surface area contributed by atoms with Gasteiger partial charge in [0.25, 0.3) is 5.56 Å². The highest BCUT2D eigenvalue weighted by Crippen LogP contribution is 2.34. The Balaban J connectivity index is 1.46. The molecule has 8 heteroatoms. The number of rotatable bonds is 4. The highest BCUT2D eigenvalue weighted by Gasteiger charge is 2.18. The van der Waals surface area contributed by atoms with Gasteiger partial charge in [-0.05, 0) is 35.9 Å². The van der Waals surface area contributed by atoms with Crippen LogP contribution in [0.3, 0.4) is 0 Å². The van der Waals surface area contributed by atoms with Crippen LogP contribution in [-0.2, 0) is 6.54 Å². The van der Waals surface area contributed by atoms with Crippen molar-refractivity contribution in [3.05, 3.63) is 81.3 Å². The maximum absolute atomic E-state index is 12.9. The molecule has 1 atom stereocenters. The normalized spacial score (nSPS) is 13.7. The van der Waals surface area contributed by atoms with Crippen molar-refractivity contribution in [3.8, 4) is 22.8 Å². The second kappa shape index (κ2) is 7.06. The summed E-state index contributed by atoms with van der Waals surface area (Å²) >= 11 is 3.45. The predicted octanol–water partition coefficient (Wildman–Crippen LogP) is 3.39. The van der Waals surface area contributed by atoms with E-state index in [2.05, 4.69) is 21.0 Å². The zero-order valence-corrected chi connectivity index (χ0v) is 16.7. The van der Waals surface area contributed by atoms with E-state index in [1.54, 1.807) is 41.2 Å². The maximum Gasteiger partial charge on any atom is 0.276 e. The molecule has 29 heavy (non-hydrogen) atoms. The number of benzene rings is 2. The largest absolute Gasteiger partial charge is 0.454 e. The van der Waals surface area contributed by atoms with Crippen molar-refractivity contribution in [2.75, 3.05) is 6.79 Å². The molecule has 4 aromatic rings. The van der Waals surface area contributed by atoms with Gasteiger partial charge in [-0.2, -0.15) is 5.10 Å². The Hall–Kier alpha value is -3.10. The van der Waals surface area contributed by atoms with E-state index in [0.29, 0.717) is 28.3 Å². The number of aliphatic hydroxyl groups excluding tert-OH is 1. The van der Waals surface area contributed by atoms with Crippen LogP contribution in [-0.4, -0.2) is 26.1 Å². The Morgan fingerprint density at radius 3 is 2.83 bits per heavy atom. The fraction of sp³-hybridized carbons (Fsp3) is 0.143. The van der Waals surface area contributed by atoms with Crippen LogP contribution >= 0.6 is 15.9 Å². The molecule has 2 aromatic carbocycles. The van der Waals surface area contributed by atoms with E-state index in [4.69, 9.17) is 9.47 Å². The summed E-state index contributed by atoms with van der Waals surface area (Å²) in [5, 5.41) is 15.1. The van der Waals surface area contributed by atoms with Crippen LogP contribution in [0, 0.1) is 0 Å². The molecular weight excluding hydrogens is 438 g/mol. The number of nitrogens with zero attached hydrogens (tertiary/aromatic N) is 3. The lowest BCUT2D eigenvalue weighted by Gasteiger charge is -2.13. The number of aromatic nitrogens is 3. The molecule has 1 aliphatic heterocycles. The molecule has 0 radical (unpaired) electrons. The van der Waals surface area contributed by atoms with Gasteiger partial charge in [0, 0.05) is 22.4 Å². The molecule has 7 nitrogen and oxygen atoms in total. The van der Waals surface area contributed by atoms with Crippen molar-refractivity contribution in [1.82, 2.24) is 14.2 Å². The minimum Gasteiger partial charge on any atom is -0.454 e. The zero-order chi connectivity index (χ0) is 20.0. The minimum atomic E-state index is -0.864. The van der Waals surface area contributed by atoms with Crippen LogP contribution in [0.1, 0.15) is 11.7 Å². The lowest BCUT2D eigenvalue weighted by atomic mass is 10.1. The molecule has 0 aliphatic carbocycles. The Kier molecular flexibility index (Phi) is 4.37. The molecule has 5 rings (SSSR count). The van der Waals surface area contributed by atoms with Gasteiger partial charge in [-0.3, -0.25) is 4.79 Å². The fourth-order valence-electron chi connectivity index (χ4n) is 3.37. The average Bonchev–Trinajstić information content (AvgIpc) is 3.36. The summed E-state index contributed by atoms with van der Waals surface area (Å²) in [6.07, 6.45) is 2.48. The fourth-order valence-corrected chi connectivity index (χ4v) is 3.77. The van der Waals surface area contributed by atoms with Crippen molar-refractivity contribution in [3.63, 3.8) is 0 Å². The van der Waals surface area contributed by atoms with E-state index >= 15 is 0 Å². The maximum atomic E-state index is 12.9. The SMILES string of the molecule is O=c1c2cc(-c3cccc(Br)c3)nn2ccn1C[C@H](O)c1ccc2c(c1)OCO2. The summed E-state index contributed by atoms with van der Waals surface area (Å²) in [6, 6.07) is 14.8. The smallest absolute Gasteiger partial charge is 0.276 e. The predicted molar refractivity (Wildman–Crippen MR) is 110 cm³/mol. The van der Waals surface area contributed by atoms with E-state index in [9.17, 15) is 9.90 Å². The summed E-state index contributed by atoms with van der Waals surface area (Å²) in [5.74, 6) is 1.25. The molecule has 1 aliphatic rings. The lowest BCUT2D eigenvalue weighted by Crippen LogP contribution is -2.24. The van der Waals surface area contributed by atoms with Crippen LogP contribution in [0.4, 0.5) is 0 Å². The van der Waals surface area contributed by atoms with Crippen molar-refractivity contribution in [2.24, 2.45) is 0 Å². The van der Waals surface area contributed by atoms with Gasteiger partial charge in [-0.15, -0.1) is 0 Å². The molecule has 0 fully saturated rings. The first-order chi connectivity index (χ1) is 14.1. The van der Waals surface area contributed by atoms with E-state index in [1.807, 2.05) is 24.3 Å². The van der Waals surface area contributed by atoms with Crippen molar-refractivity contribution < 1.29 is 14.6 Å². The number of aliphatic hydroxyl groups is 1. The molecule has 0 amide bonds. The van der Waals surface area contributed by atoms with Gasteiger partial charge in [-0.25, -0.2) is 4.52 Å².